The van der Waals surface area contributed by atoms with Crippen LogP contribution in [0.1, 0.15) is 16.1 Å². The van der Waals surface area contributed by atoms with E-state index in [-0.39, 0.29) is 17.0 Å². The van der Waals surface area contributed by atoms with Crippen LogP contribution in [0, 0.1) is 0 Å². The fourth-order valence-corrected chi connectivity index (χ4v) is 1.84. The highest BCUT2D eigenvalue weighted by Crippen LogP contribution is 2.38. The van der Waals surface area contributed by atoms with E-state index in [0.29, 0.717) is 5.56 Å². The molecule has 0 unspecified atom stereocenters. The SMILES string of the molecule is COc1ccc(-c2ccnc(C(=O)O)c2)cc1C(F)(F)F. The third kappa shape index (κ3) is 3.13. The fraction of sp³-hybridized carbons (Fsp3) is 0.143. The van der Waals surface area contributed by atoms with Gasteiger partial charge in [0.1, 0.15) is 11.4 Å². The second-order valence-corrected chi connectivity index (χ2v) is 4.15. The highest BCUT2D eigenvalue weighted by Gasteiger charge is 2.34. The number of rotatable bonds is 3. The molecule has 1 aromatic heterocycles. The van der Waals surface area contributed by atoms with Crippen molar-refractivity contribution >= 4 is 5.97 Å². The van der Waals surface area contributed by atoms with Crippen LogP contribution < -0.4 is 4.74 Å². The van der Waals surface area contributed by atoms with E-state index in [1.54, 1.807) is 0 Å². The molecular formula is C14H10F3NO3. The lowest BCUT2D eigenvalue weighted by molar-refractivity contribution is -0.138. The summed E-state index contributed by atoms with van der Waals surface area (Å²) in [5.74, 6) is -1.54. The van der Waals surface area contributed by atoms with Crippen molar-refractivity contribution in [3.05, 3.63) is 47.8 Å². The highest BCUT2D eigenvalue weighted by atomic mass is 19.4. The molecule has 0 amide bonds. The van der Waals surface area contributed by atoms with Crippen LogP contribution in [0.3, 0.4) is 0 Å². The first-order chi connectivity index (χ1) is 9.82. The number of benzene rings is 1. The van der Waals surface area contributed by atoms with E-state index < -0.39 is 17.7 Å². The molecule has 0 bridgehead atoms. The van der Waals surface area contributed by atoms with E-state index in [1.165, 1.54) is 30.5 Å². The Kier molecular flexibility index (Phi) is 3.84. The number of hydrogen-bond donors (Lipinski definition) is 1. The number of halogens is 3. The third-order valence-corrected chi connectivity index (χ3v) is 2.82. The van der Waals surface area contributed by atoms with Gasteiger partial charge in [0.2, 0.25) is 0 Å². The monoisotopic (exact) mass is 297 g/mol. The molecule has 0 saturated carbocycles. The normalized spacial score (nSPS) is 11.2. The molecule has 0 spiro atoms. The average molecular weight is 297 g/mol. The zero-order valence-electron chi connectivity index (χ0n) is 10.8. The molecule has 1 N–H and O–H groups in total. The van der Waals surface area contributed by atoms with E-state index in [0.717, 1.165) is 13.2 Å². The second kappa shape index (κ2) is 5.43. The molecule has 110 valence electrons. The number of methoxy groups -OCH3 is 1. The largest absolute Gasteiger partial charge is 0.496 e. The number of aromatic carboxylic acids is 1. The Morgan fingerprint density at radius 3 is 2.43 bits per heavy atom. The summed E-state index contributed by atoms with van der Waals surface area (Å²) in [6.07, 6.45) is -3.33. The summed E-state index contributed by atoms with van der Waals surface area (Å²) < 4.78 is 43.6. The summed E-state index contributed by atoms with van der Waals surface area (Å²) >= 11 is 0. The number of carboxylic acids is 1. The van der Waals surface area contributed by atoms with Crippen molar-refractivity contribution in [2.24, 2.45) is 0 Å². The van der Waals surface area contributed by atoms with Crippen molar-refractivity contribution in [3.63, 3.8) is 0 Å². The lowest BCUT2D eigenvalue weighted by Crippen LogP contribution is -2.07. The minimum Gasteiger partial charge on any atom is -0.496 e. The molecule has 1 heterocycles. The lowest BCUT2D eigenvalue weighted by atomic mass is 10.0. The second-order valence-electron chi connectivity index (χ2n) is 4.15. The summed E-state index contributed by atoms with van der Waals surface area (Å²) in [6, 6.07) is 6.19. The van der Waals surface area contributed by atoms with Gasteiger partial charge in [-0.25, -0.2) is 9.78 Å². The first-order valence-corrected chi connectivity index (χ1v) is 5.78. The Hall–Kier alpha value is -2.57. The quantitative estimate of drug-likeness (QED) is 0.942. The Balaban J connectivity index is 2.55. The maximum absolute atomic E-state index is 13.0. The molecule has 1 aromatic carbocycles. The Morgan fingerprint density at radius 2 is 1.86 bits per heavy atom. The summed E-state index contributed by atoms with van der Waals surface area (Å²) in [5.41, 5.74) is -0.600. The molecule has 2 aromatic rings. The molecule has 0 radical (unpaired) electrons. The number of nitrogens with zero attached hydrogens (tertiary/aromatic N) is 1. The number of carboxylic acid groups (broad SMARTS) is 1. The fourth-order valence-electron chi connectivity index (χ4n) is 1.84. The van der Waals surface area contributed by atoms with E-state index in [2.05, 4.69) is 4.98 Å². The molecule has 4 nitrogen and oxygen atoms in total. The van der Waals surface area contributed by atoms with E-state index in [9.17, 15) is 18.0 Å². The number of pyridine rings is 1. The maximum Gasteiger partial charge on any atom is 0.419 e. The van der Waals surface area contributed by atoms with Crippen LogP contribution in [-0.2, 0) is 6.18 Å². The third-order valence-electron chi connectivity index (χ3n) is 2.82. The van der Waals surface area contributed by atoms with Gasteiger partial charge in [0, 0.05) is 6.20 Å². The number of ether oxygens (including phenoxy) is 1. The predicted octanol–water partition coefficient (Wildman–Crippen LogP) is 3.47. The number of alkyl halides is 3. The van der Waals surface area contributed by atoms with Gasteiger partial charge in [-0.3, -0.25) is 0 Å². The van der Waals surface area contributed by atoms with Crippen LogP contribution in [0.5, 0.6) is 5.75 Å². The first-order valence-electron chi connectivity index (χ1n) is 5.78. The zero-order valence-corrected chi connectivity index (χ0v) is 10.8. The van der Waals surface area contributed by atoms with Gasteiger partial charge in [0.25, 0.3) is 0 Å². The number of carbonyl (C=O) groups is 1. The number of hydrogen-bond acceptors (Lipinski definition) is 3. The minimum atomic E-state index is -4.57. The van der Waals surface area contributed by atoms with Crippen molar-refractivity contribution in [2.45, 2.75) is 6.18 Å². The van der Waals surface area contributed by atoms with Crippen LogP contribution in [0.4, 0.5) is 13.2 Å². The van der Waals surface area contributed by atoms with E-state index >= 15 is 0 Å². The zero-order chi connectivity index (χ0) is 15.6. The van der Waals surface area contributed by atoms with Gasteiger partial charge < -0.3 is 9.84 Å². The van der Waals surface area contributed by atoms with Crippen molar-refractivity contribution in [1.29, 1.82) is 0 Å². The van der Waals surface area contributed by atoms with Crippen LogP contribution in [0.25, 0.3) is 11.1 Å². The van der Waals surface area contributed by atoms with Gasteiger partial charge in [-0.15, -0.1) is 0 Å². The molecule has 21 heavy (non-hydrogen) atoms. The Bertz CT molecular complexity index is 683. The van der Waals surface area contributed by atoms with Gasteiger partial charge in [0.15, 0.2) is 0 Å². The molecular weight excluding hydrogens is 287 g/mol. The summed E-state index contributed by atoms with van der Waals surface area (Å²) in [6.45, 7) is 0. The van der Waals surface area contributed by atoms with Crippen LogP contribution in [0.15, 0.2) is 36.5 Å². The van der Waals surface area contributed by atoms with Gasteiger partial charge in [-0.2, -0.15) is 13.2 Å². The Labute approximate surface area is 117 Å². The van der Waals surface area contributed by atoms with Crippen LogP contribution in [-0.4, -0.2) is 23.2 Å². The molecule has 0 saturated heterocycles. The maximum atomic E-state index is 13.0. The Morgan fingerprint density at radius 1 is 1.19 bits per heavy atom. The van der Waals surface area contributed by atoms with Crippen molar-refractivity contribution in [3.8, 4) is 16.9 Å². The van der Waals surface area contributed by atoms with Gasteiger partial charge in [0.05, 0.1) is 12.7 Å². The van der Waals surface area contributed by atoms with Crippen LogP contribution in [0.2, 0.25) is 0 Å². The smallest absolute Gasteiger partial charge is 0.419 e. The molecule has 7 heteroatoms. The van der Waals surface area contributed by atoms with Gasteiger partial charge in [-0.05, 0) is 35.4 Å². The predicted molar refractivity (Wildman–Crippen MR) is 68.2 cm³/mol. The highest BCUT2D eigenvalue weighted by molar-refractivity contribution is 5.87. The summed E-state index contributed by atoms with van der Waals surface area (Å²) in [7, 11) is 1.15. The van der Waals surface area contributed by atoms with Crippen molar-refractivity contribution < 1.29 is 27.8 Å². The lowest BCUT2D eigenvalue weighted by Gasteiger charge is -2.13. The number of aromatic nitrogens is 1. The topological polar surface area (TPSA) is 59.4 Å². The van der Waals surface area contributed by atoms with E-state index in [1.807, 2.05) is 0 Å². The van der Waals surface area contributed by atoms with Gasteiger partial charge >= 0.3 is 12.1 Å². The minimum absolute atomic E-state index is 0.230. The molecule has 0 fully saturated rings. The van der Waals surface area contributed by atoms with E-state index in [4.69, 9.17) is 9.84 Å². The molecule has 2 rings (SSSR count). The molecule has 0 aliphatic carbocycles. The van der Waals surface area contributed by atoms with Crippen molar-refractivity contribution in [1.82, 2.24) is 4.98 Å². The molecule has 0 aliphatic rings. The summed E-state index contributed by atoms with van der Waals surface area (Å²) in [4.78, 5) is 14.5. The first kappa shape index (κ1) is 14.8. The van der Waals surface area contributed by atoms with Crippen molar-refractivity contribution in [2.75, 3.05) is 7.11 Å². The molecule has 0 aliphatic heterocycles. The average Bonchev–Trinajstić information content (AvgIpc) is 2.45. The standard InChI is InChI=1S/C14H10F3NO3/c1-21-12-3-2-8(6-10(12)14(15,16)17)9-4-5-18-11(7-9)13(19)20/h2-7H,1H3,(H,19,20). The molecule has 0 atom stereocenters. The van der Waals surface area contributed by atoms with Gasteiger partial charge in [-0.1, -0.05) is 6.07 Å². The summed E-state index contributed by atoms with van der Waals surface area (Å²) in [5, 5.41) is 8.86. The van der Waals surface area contributed by atoms with Crippen LogP contribution >= 0.6 is 0 Å².